The molecule has 1 N–H and O–H groups in total. The van der Waals surface area contributed by atoms with Gasteiger partial charge in [0.15, 0.2) is 0 Å². The lowest BCUT2D eigenvalue weighted by Gasteiger charge is -2.18. The van der Waals surface area contributed by atoms with Gasteiger partial charge in [-0.05, 0) is 39.5 Å². The van der Waals surface area contributed by atoms with Crippen LogP contribution in [0.3, 0.4) is 0 Å². The third-order valence-corrected chi connectivity index (χ3v) is 3.17. The highest BCUT2D eigenvalue weighted by Gasteiger charge is 2.18. The van der Waals surface area contributed by atoms with Crippen LogP contribution in [0.1, 0.15) is 24.3 Å². The SMILES string of the molecule is CC(CCN(C)C)NC(=O)C(Cl)c1ccccc1. The zero-order chi connectivity index (χ0) is 13.5. The molecule has 1 aromatic carbocycles. The van der Waals surface area contributed by atoms with E-state index in [2.05, 4.69) is 10.2 Å². The standard InChI is InChI=1S/C14H21ClN2O/c1-11(9-10-17(2)3)16-14(18)13(15)12-7-5-4-6-8-12/h4-8,11,13H,9-10H2,1-3H3,(H,16,18). The average molecular weight is 269 g/mol. The van der Waals surface area contributed by atoms with Crippen LogP contribution in [0, 0.1) is 0 Å². The summed E-state index contributed by atoms with van der Waals surface area (Å²) in [6, 6.07) is 9.53. The number of hydrogen-bond acceptors (Lipinski definition) is 2. The minimum Gasteiger partial charge on any atom is -0.352 e. The number of hydrogen-bond donors (Lipinski definition) is 1. The molecule has 0 radical (unpaired) electrons. The summed E-state index contributed by atoms with van der Waals surface area (Å²) in [6.45, 7) is 2.94. The van der Waals surface area contributed by atoms with E-state index in [-0.39, 0.29) is 11.9 Å². The molecule has 4 heteroatoms. The lowest BCUT2D eigenvalue weighted by molar-refractivity contribution is -0.121. The van der Waals surface area contributed by atoms with Crippen molar-refractivity contribution in [3.8, 4) is 0 Å². The van der Waals surface area contributed by atoms with Crippen molar-refractivity contribution in [3.63, 3.8) is 0 Å². The lowest BCUT2D eigenvalue weighted by Crippen LogP contribution is -2.36. The van der Waals surface area contributed by atoms with Crippen LogP contribution >= 0.6 is 11.6 Å². The van der Waals surface area contributed by atoms with E-state index < -0.39 is 5.38 Å². The second-order valence-corrected chi connectivity index (χ2v) is 5.21. The van der Waals surface area contributed by atoms with Crippen LogP contribution in [-0.2, 0) is 4.79 Å². The van der Waals surface area contributed by atoms with Crippen molar-refractivity contribution in [1.29, 1.82) is 0 Å². The van der Waals surface area contributed by atoms with Crippen LogP contribution in [0.4, 0.5) is 0 Å². The Hall–Kier alpha value is -1.06. The molecule has 0 aromatic heterocycles. The number of nitrogens with one attached hydrogen (secondary N) is 1. The maximum Gasteiger partial charge on any atom is 0.242 e. The number of carbonyl (C=O) groups is 1. The molecule has 1 amide bonds. The third kappa shape index (κ3) is 5.07. The summed E-state index contributed by atoms with van der Waals surface area (Å²) in [5.41, 5.74) is 0.830. The monoisotopic (exact) mass is 268 g/mol. The lowest BCUT2D eigenvalue weighted by atomic mass is 10.1. The van der Waals surface area contributed by atoms with Crippen molar-refractivity contribution in [2.24, 2.45) is 0 Å². The molecule has 0 aliphatic heterocycles. The highest BCUT2D eigenvalue weighted by molar-refractivity contribution is 6.30. The molecule has 0 saturated carbocycles. The normalized spacial score (nSPS) is 14.3. The molecule has 3 nitrogen and oxygen atoms in total. The molecule has 0 fully saturated rings. The van der Waals surface area contributed by atoms with E-state index in [0.29, 0.717) is 0 Å². The summed E-state index contributed by atoms with van der Waals surface area (Å²) in [5, 5.41) is 2.32. The highest BCUT2D eigenvalue weighted by atomic mass is 35.5. The minimum atomic E-state index is -0.618. The summed E-state index contributed by atoms with van der Waals surface area (Å²) in [4.78, 5) is 14.0. The maximum absolute atomic E-state index is 11.9. The van der Waals surface area contributed by atoms with Gasteiger partial charge in [0, 0.05) is 6.04 Å². The highest BCUT2D eigenvalue weighted by Crippen LogP contribution is 2.20. The molecule has 0 spiro atoms. The van der Waals surface area contributed by atoms with Crippen LogP contribution in [-0.4, -0.2) is 37.5 Å². The largest absolute Gasteiger partial charge is 0.352 e. The van der Waals surface area contributed by atoms with Gasteiger partial charge in [-0.3, -0.25) is 4.79 Å². The van der Waals surface area contributed by atoms with Gasteiger partial charge < -0.3 is 10.2 Å². The predicted molar refractivity (Wildman–Crippen MR) is 75.8 cm³/mol. The van der Waals surface area contributed by atoms with Crippen molar-refractivity contribution in [1.82, 2.24) is 10.2 Å². The summed E-state index contributed by atoms with van der Waals surface area (Å²) in [5.74, 6) is -0.130. The zero-order valence-corrected chi connectivity index (χ0v) is 11.9. The molecule has 1 aromatic rings. The van der Waals surface area contributed by atoms with Crippen LogP contribution in [0.25, 0.3) is 0 Å². The second kappa shape index (κ2) is 7.39. The van der Waals surface area contributed by atoms with Crippen molar-refractivity contribution in [3.05, 3.63) is 35.9 Å². The van der Waals surface area contributed by atoms with E-state index in [9.17, 15) is 4.79 Å². The molecule has 0 heterocycles. The first-order chi connectivity index (χ1) is 8.50. The van der Waals surface area contributed by atoms with Gasteiger partial charge in [-0.1, -0.05) is 30.3 Å². The first-order valence-electron chi connectivity index (χ1n) is 6.15. The number of carbonyl (C=O) groups excluding carboxylic acids is 1. The Morgan fingerprint density at radius 3 is 2.50 bits per heavy atom. The van der Waals surface area contributed by atoms with Gasteiger partial charge in [0.1, 0.15) is 5.38 Å². The number of halogens is 1. The molecular weight excluding hydrogens is 248 g/mol. The van der Waals surface area contributed by atoms with E-state index in [0.717, 1.165) is 18.5 Å². The van der Waals surface area contributed by atoms with Crippen molar-refractivity contribution in [2.45, 2.75) is 24.8 Å². The number of alkyl halides is 1. The Bertz CT molecular complexity index is 367. The van der Waals surface area contributed by atoms with Gasteiger partial charge in [0.05, 0.1) is 0 Å². The minimum absolute atomic E-state index is 0.130. The van der Waals surface area contributed by atoms with Crippen LogP contribution in [0.5, 0.6) is 0 Å². The molecular formula is C14H21ClN2O. The Morgan fingerprint density at radius 2 is 1.94 bits per heavy atom. The van der Waals surface area contributed by atoms with Crippen molar-refractivity contribution >= 4 is 17.5 Å². The summed E-state index contributed by atoms with van der Waals surface area (Å²) >= 11 is 6.14. The first-order valence-corrected chi connectivity index (χ1v) is 6.58. The molecule has 100 valence electrons. The fourth-order valence-electron chi connectivity index (χ4n) is 1.61. The predicted octanol–water partition coefficient (Wildman–Crippen LogP) is 2.42. The molecule has 0 bridgehead atoms. The van der Waals surface area contributed by atoms with Gasteiger partial charge in [-0.15, -0.1) is 11.6 Å². The Morgan fingerprint density at radius 1 is 1.33 bits per heavy atom. The van der Waals surface area contributed by atoms with E-state index in [1.54, 1.807) is 0 Å². The quantitative estimate of drug-likeness (QED) is 0.804. The Labute approximate surface area is 114 Å². The average Bonchev–Trinajstić information content (AvgIpc) is 2.36. The zero-order valence-electron chi connectivity index (χ0n) is 11.2. The third-order valence-electron chi connectivity index (χ3n) is 2.72. The van der Waals surface area contributed by atoms with Gasteiger partial charge in [-0.25, -0.2) is 0 Å². The van der Waals surface area contributed by atoms with Gasteiger partial charge in [0.2, 0.25) is 5.91 Å². The number of amides is 1. The van der Waals surface area contributed by atoms with Gasteiger partial charge in [0.25, 0.3) is 0 Å². The van der Waals surface area contributed by atoms with E-state index in [4.69, 9.17) is 11.6 Å². The summed E-state index contributed by atoms with van der Waals surface area (Å²) < 4.78 is 0. The van der Waals surface area contributed by atoms with E-state index >= 15 is 0 Å². The molecule has 1 rings (SSSR count). The van der Waals surface area contributed by atoms with Gasteiger partial charge >= 0.3 is 0 Å². The fourth-order valence-corrected chi connectivity index (χ4v) is 1.82. The Balaban J connectivity index is 2.45. The Kier molecular flexibility index (Phi) is 6.16. The number of benzene rings is 1. The van der Waals surface area contributed by atoms with Gasteiger partial charge in [-0.2, -0.15) is 0 Å². The molecule has 0 saturated heterocycles. The van der Waals surface area contributed by atoms with E-state index in [1.807, 2.05) is 51.4 Å². The maximum atomic E-state index is 11.9. The summed E-state index contributed by atoms with van der Waals surface area (Å²) in [6.07, 6.45) is 0.914. The molecule has 0 aliphatic rings. The van der Waals surface area contributed by atoms with Crippen LogP contribution in [0.2, 0.25) is 0 Å². The van der Waals surface area contributed by atoms with Crippen molar-refractivity contribution < 1.29 is 4.79 Å². The first kappa shape index (κ1) is 15.0. The molecule has 18 heavy (non-hydrogen) atoms. The molecule has 2 atom stereocenters. The molecule has 0 aliphatic carbocycles. The second-order valence-electron chi connectivity index (χ2n) is 4.77. The summed E-state index contributed by atoms with van der Waals surface area (Å²) in [7, 11) is 4.03. The topological polar surface area (TPSA) is 32.3 Å². The van der Waals surface area contributed by atoms with Crippen molar-refractivity contribution in [2.75, 3.05) is 20.6 Å². The van der Waals surface area contributed by atoms with Crippen LogP contribution in [0.15, 0.2) is 30.3 Å². The van der Waals surface area contributed by atoms with E-state index in [1.165, 1.54) is 0 Å². The number of rotatable bonds is 6. The molecule has 2 unspecified atom stereocenters. The van der Waals surface area contributed by atoms with Crippen LogP contribution < -0.4 is 5.32 Å². The smallest absolute Gasteiger partial charge is 0.242 e. The fraction of sp³-hybridized carbons (Fsp3) is 0.500. The number of nitrogens with zero attached hydrogens (tertiary/aromatic N) is 1.